The van der Waals surface area contributed by atoms with Crippen LogP contribution in [0.15, 0.2) is 24.3 Å². The molecule has 0 saturated heterocycles. The minimum atomic E-state index is -0.00620. The van der Waals surface area contributed by atoms with Crippen molar-refractivity contribution < 1.29 is 5.11 Å². The van der Waals surface area contributed by atoms with Gasteiger partial charge >= 0.3 is 0 Å². The summed E-state index contributed by atoms with van der Waals surface area (Å²) in [5.74, 6) is 2.54. The lowest BCUT2D eigenvalue weighted by molar-refractivity contribution is 0.268. The van der Waals surface area contributed by atoms with Crippen LogP contribution in [0.5, 0.6) is 0 Å². The zero-order valence-electron chi connectivity index (χ0n) is 7.40. The Morgan fingerprint density at radius 1 is 1.54 bits per heavy atom. The molecule has 1 rings (SSSR count). The van der Waals surface area contributed by atoms with Gasteiger partial charge in [0.15, 0.2) is 0 Å². The van der Waals surface area contributed by atoms with Gasteiger partial charge in [-0.1, -0.05) is 18.1 Å². The van der Waals surface area contributed by atoms with Gasteiger partial charge in [-0.15, -0.1) is 6.42 Å². The molecule has 0 fully saturated rings. The van der Waals surface area contributed by atoms with Crippen molar-refractivity contribution in [1.29, 1.82) is 0 Å². The van der Waals surface area contributed by atoms with Crippen LogP contribution in [0, 0.1) is 12.3 Å². The van der Waals surface area contributed by atoms with Crippen molar-refractivity contribution in [2.75, 3.05) is 13.2 Å². The van der Waals surface area contributed by atoms with Gasteiger partial charge in [0.1, 0.15) is 0 Å². The molecule has 0 amide bonds. The van der Waals surface area contributed by atoms with E-state index in [1.165, 1.54) is 0 Å². The fourth-order valence-electron chi connectivity index (χ4n) is 1.20. The summed E-state index contributed by atoms with van der Waals surface area (Å²) in [5.41, 5.74) is 7.32. The lowest BCUT2D eigenvalue weighted by atomic mass is 9.98. The van der Waals surface area contributed by atoms with E-state index >= 15 is 0 Å². The predicted molar refractivity (Wildman–Crippen MR) is 53.3 cm³/mol. The zero-order chi connectivity index (χ0) is 9.68. The normalized spacial score (nSPS) is 12.1. The molecule has 1 aromatic rings. The third kappa shape index (κ3) is 2.32. The van der Waals surface area contributed by atoms with Crippen molar-refractivity contribution >= 4 is 0 Å². The molecule has 0 spiro atoms. The molecule has 0 aliphatic rings. The number of rotatable bonds is 3. The topological polar surface area (TPSA) is 46.2 Å². The van der Waals surface area contributed by atoms with E-state index in [-0.39, 0.29) is 12.5 Å². The number of aliphatic hydroxyl groups excluding tert-OH is 1. The number of nitrogens with two attached hydrogens (primary N) is 1. The first-order valence-electron chi connectivity index (χ1n) is 4.19. The SMILES string of the molecule is C#Cc1cccc(C(CN)CO)c1. The Kier molecular flexibility index (Phi) is 3.51. The van der Waals surface area contributed by atoms with Crippen LogP contribution in [0.25, 0.3) is 0 Å². The van der Waals surface area contributed by atoms with Crippen LogP contribution in [-0.4, -0.2) is 18.3 Å². The summed E-state index contributed by atoms with van der Waals surface area (Å²) in [5, 5.41) is 9.01. The molecule has 0 aliphatic heterocycles. The quantitative estimate of drug-likeness (QED) is 0.664. The molecule has 1 unspecified atom stereocenters. The van der Waals surface area contributed by atoms with Gasteiger partial charge in [-0.05, 0) is 17.7 Å². The number of hydrogen-bond acceptors (Lipinski definition) is 2. The average Bonchev–Trinajstić information content (AvgIpc) is 2.20. The zero-order valence-corrected chi connectivity index (χ0v) is 7.40. The van der Waals surface area contributed by atoms with Crippen molar-refractivity contribution in [3.05, 3.63) is 35.4 Å². The van der Waals surface area contributed by atoms with Crippen LogP contribution >= 0.6 is 0 Å². The number of benzene rings is 1. The summed E-state index contributed by atoms with van der Waals surface area (Å²) in [4.78, 5) is 0. The molecule has 0 aromatic heterocycles. The predicted octanol–water partition coefficient (Wildman–Crippen LogP) is 0.703. The van der Waals surface area contributed by atoms with E-state index in [0.717, 1.165) is 11.1 Å². The van der Waals surface area contributed by atoms with Gasteiger partial charge in [-0.2, -0.15) is 0 Å². The minimum absolute atomic E-state index is 0.00620. The van der Waals surface area contributed by atoms with Gasteiger partial charge in [0.05, 0.1) is 6.61 Å². The van der Waals surface area contributed by atoms with E-state index < -0.39 is 0 Å². The highest BCUT2D eigenvalue weighted by Crippen LogP contribution is 2.14. The summed E-state index contributed by atoms with van der Waals surface area (Å²) in [6.07, 6.45) is 5.26. The van der Waals surface area contributed by atoms with E-state index in [9.17, 15) is 0 Å². The smallest absolute Gasteiger partial charge is 0.0511 e. The van der Waals surface area contributed by atoms with E-state index in [0.29, 0.717) is 6.54 Å². The van der Waals surface area contributed by atoms with Crippen molar-refractivity contribution in [1.82, 2.24) is 0 Å². The second-order valence-corrected chi connectivity index (χ2v) is 2.89. The van der Waals surface area contributed by atoms with Crippen molar-refractivity contribution in [3.63, 3.8) is 0 Å². The molecule has 2 nitrogen and oxygen atoms in total. The van der Waals surface area contributed by atoms with E-state index in [1.807, 2.05) is 24.3 Å². The Morgan fingerprint density at radius 3 is 2.85 bits per heavy atom. The maximum atomic E-state index is 9.01. The van der Waals surface area contributed by atoms with Gasteiger partial charge < -0.3 is 10.8 Å². The van der Waals surface area contributed by atoms with Crippen LogP contribution in [0.2, 0.25) is 0 Å². The monoisotopic (exact) mass is 175 g/mol. The highest BCUT2D eigenvalue weighted by atomic mass is 16.3. The molecule has 1 aromatic carbocycles. The van der Waals surface area contributed by atoms with E-state index in [4.69, 9.17) is 17.3 Å². The third-order valence-electron chi connectivity index (χ3n) is 2.03. The van der Waals surface area contributed by atoms with Crippen LogP contribution in [0.4, 0.5) is 0 Å². The number of hydrogen-bond donors (Lipinski definition) is 2. The van der Waals surface area contributed by atoms with Crippen molar-refractivity contribution in [2.45, 2.75) is 5.92 Å². The first-order chi connectivity index (χ1) is 6.31. The van der Waals surface area contributed by atoms with Gasteiger partial charge in [0.25, 0.3) is 0 Å². The molecule has 0 bridgehead atoms. The van der Waals surface area contributed by atoms with Gasteiger partial charge in [-0.25, -0.2) is 0 Å². The summed E-state index contributed by atoms with van der Waals surface area (Å²) >= 11 is 0. The molecular formula is C11H13NO. The van der Waals surface area contributed by atoms with Gasteiger partial charge in [0.2, 0.25) is 0 Å². The van der Waals surface area contributed by atoms with Crippen LogP contribution in [-0.2, 0) is 0 Å². The lowest BCUT2D eigenvalue weighted by Crippen LogP contribution is -2.15. The molecule has 3 N–H and O–H groups in total. The van der Waals surface area contributed by atoms with Crippen LogP contribution in [0.1, 0.15) is 17.0 Å². The molecule has 0 heterocycles. The summed E-state index contributed by atoms with van der Waals surface area (Å²) in [6.45, 7) is 0.495. The molecule has 1 atom stereocenters. The second-order valence-electron chi connectivity index (χ2n) is 2.89. The summed E-state index contributed by atoms with van der Waals surface area (Å²) in [7, 11) is 0. The van der Waals surface area contributed by atoms with Gasteiger partial charge in [0, 0.05) is 18.0 Å². The number of aliphatic hydroxyl groups is 1. The van der Waals surface area contributed by atoms with Crippen molar-refractivity contribution in [3.8, 4) is 12.3 Å². The van der Waals surface area contributed by atoms with E-state index in [1.54, 1.807) is 0 Å². The molecule has 0 saturated carbocycles. The Balaban J connectivity index is 2.94. The van der Waals surface area contributed by atoms with Gasteiger partial charge in [-0.3, -0.25) is 0 Å². The molecular weight excluding hydrogens is 162 g/mol. The molecule has 0 aliphatic carbocycles. The highest BCUT2D eigenvalue weighted by Gasteiger charge is 2.07. The molecule has 2 heteroatoms. The molecule has 13 heavy (non-hydrogen) atoms. The Morgan fingerprint density at radius 2 is 2.31 bits per heavy atom. The first-order valence-corrected chi connectivity index (χ1v) is 4.19. The largest absolute Gasteiger partial charge is 0.396 e. The Labute approximate surface area is 78.4 Å². The molecule has 68 valence electrons. The standard InChI is InChI=1S/C11H13NO/c1-2-9-4-3-5-10(6-9)11(7-12)8-13/h1,3-6,11,13H,7-8,12H2. The maximum absolute atomic E-state index is 9.01. The maximum Gasteiger partial charge on any atom is 0.0511 e. The third-order valence-corrected chi connectivity index (χ3v) is 2.03. The molecule has 0 radical (unpaired) electrons. The summed E-state index contributed by atoms with van der Waals surface area (Å²) < 4.78 is 0. The highest BCUT2D eigenvalue weighted by molar-refractivity contribution is 5.36. The fraction of sp³-hybridized carbons (Fsp3) is 0.273. The van der Waals surface area contributed by atoms with E-state index in [2.05, 4.69) is 5.92 Å². The van der Waals surface area contributed by atoms with Crippen LogP contribution in [0.3, 0.4) is 0 Å². The first kappa shape index (κ1) is 9.79. The van der Waals surface area contributed by atoms with Crippen LogP contribution < -0.4 is 5.73 Å². The summed E-state index contributed by atoms with van der Waals surface area (Å²) in [6, 6.07) is 7.54. The Bertz CT molecular complexity index is 310. The van der Waals surface area contributed by atoms with Crippen molar-refractivity contribution in [2.24, 2.45) is 5.73 Å². The number of terminal acetylenes is 1. The average molecular weight is 175 g/mol. The second kappa shape index (κ2) is 4.66. The fourth-order valence-corrected chi connectivity index (χ4v) is 1.20. The lowest BCUT2D eigenvalue weighted by Gasteiger charge is -2.11. The Hall–Kier alpha value is -1.30. The minimum Gasteiger partial charge on any atom is -0.396 e.